The summed E-state index contributed by atoms with van der Waals surface area (Å²) in [6.45, 7) is 0.358. The number of benzene rings is 2. The van der Waals surface area contributed by atoms with Crippen molar-refractivity contribution in [1.29, 1.82) is 0 Å². The Morgan fingerprint density at radius 1 is 1.17 bits per heavy atom. The molecule has 1 heterocycles. The predicted molar refractivity (Wildman–Crippen MR) is 91.9 cm³/mol. The Labute approximate surface area is 140 Å². The molecule has 5 heteroatoms. The zero-order chi connectivity index (χ0) is 16.9. The van der Waals surface area contributed by atoms with Crippen LogP contribution in [0.15, 0.2) is 67.0 Å². The summed E-state index contributed by atoms with van der Waals surface area (Å²) in [7, 11) is 1.87. The maximum atomic E-state index is 12.1. The highest BCUT2D eigenvalue weighted by Gasteiger charge is 2.16. The predicted octanol–water partition coefficient (Wildman–Crippen LogP) is 2.44. The Bertz CT molecular complexity index is 827. The van der Waals surface area contributed by atoms with Crippen molar-refractivity contribution < 1.29 is 9.90 Å². The van der Waals surface area contributed by atoms with E-state index in [-0.39, 0.29) is 0 Å². The molecule has 1 atom stereocenters. The second kappa shape index (κ2) is 7.10. The third kappa shape index (κ3) is 3.70. The van der Waals surface area contributed by atoms with Gasteiger partial charge in [0, 0.05) is 25.4 Å². The number of rotatable bonds is 5. The van der Waals surface area contributed by atoms with Gasteiger partial charge >= 0.3 is 0 Å². The van der Waals surface area contributed by atoms with Gasteiger partial charge in [0.1, 0.15) is 0 Å². The van der Waals surface area contributed by atoms with Crippen molar-refractivity contribution in [2.75, 3.05) is 0 Å². The average molecular weight is 321 g/mol. The van der Waals surface area contributed by atoms with Crippen molar-refractivity contribution in [3.63, 3.8) is 0 Å². The van der Waals surface area contributed by atoms with Crippen molar-refractivity contribution in [1.82, 2.24) is 15.1 Å². The number of aliphatic hydroxyl groups excluding tert-OH is 1. The van der Waals surface area contributed by atoms with Crippen LogP contribution >= 0.6 is 0 Å². The first-order valence-corrected chi connectivity index (χ1v) is 7.72. The fourth-order valence-electron chi connectivity index (χ4n) is 2.50. The lowest BCUT2D eigenvalue weighted by atomic mass is 10.1. The number of aliphatic hydroxyl groups is 1. The minimum Gasteiger partial charge on any atom is -0.378 e. The lowest BCUT2D eigenvalue weighted by Crippen LogP contribution is -2.28. The van der Waals surface area contributed by atoms with Gasteiger partial charge in [-0.2, -0.15) is 5.10 Å². The normalized spacial score (nSPS) is 11.9. The third-order valence-corrected chi connectivity index (χ3v) is 3.80. The minimum atomic E-state index is -1.16. The van der Waals surface area contributed by atoms with Crippen LogP contribution < -0.4 is 5.32 Å². The van der Waals surface area contributed by atoms with Gasteiger partial charge < -0.3 is 10.4 Å². The molecule has 3 aromatic rings. The van der Waals surface area contributed by atoms with Gasteiger partial charge in [-0.25, -0.2) is 0 Å². The highest BCUT2D eigenvalue weighted by atomic mass is 16.3. The number of aryl methyl sites for hydroxylation is 1. The summed E-state index contributed by atoms with van der Waals surface area (Å²) in [5.41, 5.74) is 3.61. The number of nitrogens with one attached hydrogen (secondary N) is 1. The van der Waals surface area contributed by atoms with Crippen LogP contribution in [0.25, 0.3) is 11.1 Å². The first-order valence-electron chi connectivity index (χ1n) is 7.72. The van der Waals surface area contributed by atoms with Crippen LogP contribution in [0.1, 0.15) is 17.2 Å². The fraction of sp³-hybridized carbons (Fsp3) is 0.158. The van der Waals surface area contributed by atoms with Crippen molar-refractivity contribution in [2.45, 2.75) is 12.6 Å². The molecule has 2 aromatic carbocycles. The fourth-order valence-corrected chi connectivity index (χ4v) is 2.50. The van der Waals surface area contributed by atoms with Gasteiger partial charge in [-0.3, -0.25) is 9.48 Å². The number of hydrogen-bond donors (Lipinski definition) is 2. The highest BCUT2D eigenvalue weighted by molar-refractivity contribution is 5.81. The van der Waals surface area contributed by atoms with Gasteiger partial charge in [-0.05, 0) is 22.8 Å². The Kier molecular flexibility index (Phi) is 4.72. The van der Waals surface area contributed by atoms with Gasteiger partial charge in [-0.1, -0.05) is 48.5 Å². The van der Waals surface area contributed by atoms with E-state index in [2.05, 4.69) is 10.4 Å². The van der Waals surface area contributed by atoms with E-state index in [1.54, 1.807) is 35.1 Å². The number of carbonyl (C=O) groups is 1. The number of carbonyl (C=O) groups excluding carboxylic acids is 1. The van der Waals surface area contributed by atoms with Gasteiger partial charge in [0.05, 0.1) is 6.20 Å². The van der Waals surface area contributed by atoms with Gasteiger partial charge in [0.2, 0.25) is 0 Å². The Morgan fingerprint density at radius 3 is 2.67 bits per heavy atom. The van der Waals surface area contributed by atoms with Crippen LogP contribution in [-0.2, 0) is 18.4 Å². The topological polar surface area (TPSA) is 67.2 Å². The molecule has 0 aliphatic rings. The molecular formula is C19H19N3O2. The summed E-state index contributed by atoms with van der Waals surface area (Å²) in [4.78, 5) is 12.1. The summed E-state index contributed by atoms with van der Waals surface area (Å²) in [6, 6.07) is 16.8. The molecule has 1 amide bonds. The molecule has 0 radical (unpaired) electrons. The molecule has 0 saturated heterocycles. The molecule has 0 aliphatic carbocycles. The molecule has 2 N–H and O–H groups in total. The summed E-state index contributed by atoms with van der Waals surface area (Å²) >= 11 is 0. The molecule has 5 nitrogen and oxygen atoms in total. The number of aromatic nitrogens is 2. The van der Waals surface area contributed by atoms with Crippen molar-refractivity contribution >= 4 is 5.91 Å². The highest BCUT2D eigenvalue weighted by Crippen LogP contribution is 2.19. The molecule has 0 spiro atoms. The third-order valence-electron chi connectivity index (χ3n) is 3.80. The van der Waals surface area contributed by atoms with Crippen LogP contribution in [0.3, 0.4) is 0 Å². The van der Waals surface area contributed by atoms with Crippen LogP contribution in [0.2, 0.25) is 0 Å². The Hall–Kier alpha value is -2.92. The van der Waals surface area contributed by atoms with Crippen molar-refractivity contribution in [3.8, 4) is 11.1 Å². The van der Waals surface area contributed by atoms with E-state index in [1.165, 1.54) is 0 Å². The lowest BCUT2D eigenvalue weighted by Gasteiger charge is -2.12. The Morgan fingerprint density at radius 2 is 1.96 bits per heavy atom. The molecule has 24 heavy (non-hydrogen) atoms. The average Bonchev–Trinajstić information content (AvgIpc) is 3.06. The first kappa shape index (κ1) is 16.0. The summed E-state index contributed by atoms with van der Waals surface area (Å²) in [6.07, 6.45) is 2.58. The monoisotopic (exact) mass is 321 g/mol. The van der Waals surface area contributed by atoms with Crippen LogP contribution in [-0.4, -0.2) is 20.8 Å². The van der Waals surface area contributed by atoms with E-state index in [9.17, 15) is 9.90 Å². The van der Waals surface area contributed by atoms with E-state index in [1.807, 2.05) is 43.6 Å². The van der Waals surface area contributed by atoms with Crippen LogP contribution in [0.4, 0.5) is 0 Å². The van der Waals surface area contributed by atoms with Gasteiger partial charge in [0.25, 0.3) is 5.91 Å². The van der Waals surface area contributed by atoms with E-state index in [0.717, 1.165) is 16.7 Å². The van der Waals surface area contributed by atoms with E-state index >= 15 is 0 Å². The summed E-state index contributed by atoms with van der Waals surface area (Å²) in [5.74, 6) is -0.409. The second-order valence-corrected chi connectivity index (χ2v) is 5.63. The molecule has 0 bridgehead atoms. The quantitative estimate of drug-likeness (QED) is 0.758. The molecule has 122 valence electrons. The van der Waals surface area contributed by atoms with Crippen molar-refractivity contribution in [2.24, 2.45) is 7.05 Å². The molecule has 0 unspecified atom stereocenters. The van der Waals surface area contributed by atoms with E-state index < -0.39 is 12.0 Å². The van der Waals surface area contributed by atoms with Crippen molar-refractivity contribution in [3.05, 3.63) is 78.1 Å². The van der Waals surface area contributed by atoms with Gasteiger partial charge in [0.15, 0.2) is 6.10 Å². The molecule has 0 saturated carbocycles. The molecule has 0 fully saturated rings. The summed E-state index contributed by atoms with van der Waals surface area (Å²) in [5, 5.41) is 17.0. The summed E-state index contributed by atoms with van der Waals surface area (Å²) < 4.78 is 1.75. The number of nitrogens with zero attached hydrogens (tertiary/aromatic N) is 2. The first-order chi connectivity index (χ1) is 11.6. The SMILES string of the molecule is Cn1cc(-c2cccc(CNC(=O)[C@@H](O)c3ccccc3)c2)cn1. The molecule has 3 rings (SSSR count). The van der Waals surface area contributed by atoms with E-state index in [0.29, 0.717) is 12.1 Å². The number of hydrogen-bond acceptors (Lipinski definition) is 3. The zero-order valence-corrected chi connectivity index (χ0v) is 13.4. The second-order valence-electron chi connectivity index (χ2n) is 5.63. The van der Waals surface area contributed by atoms with E-state index in [4.69, 9.17) is 0 Å². The minimum absolute atomic E-state index is 0.358. The largest absolute Gasteiger partial charge is 0.378 e. The maximum absolute atomic E-state index is 12.1. The zero-order valence-electron chi connectivity index (χ0n) is 13.4. The molecule has 1 aromatic heterocycles. The Balaban J connectivity index is 1.65. The number of amides is 1. The van der Waals surface area contributed by atoms with Gasteiger partial charge in [-0.15, -0.1) is 0 Å². The van der Waals surface area contributed by atoms with Crippen LogP contribution in [0, 0.1) is 0 Å². The molecular weight excluding hydrogens is 302 g/mol. The standard InChI is InChI=1S/C19H19N3O2/c1-22-13-17(12-21-22)16-9-5-6-14(10-16)11-20-19(24)18(23)15-7-3-2-4-8-15/h2-10,12-13,18,23H,11H2,1H3,(H,20,24)/t18-/m0/s1. The lowest BCUT2D eigenvalue weighted by molar-refractivity contribution is -0.129. The smallest absolute Gasteiger partial charge is 0.253 e. The maximum Gasteiger partial charge on any atom is 0.253 e. The van der Waals surface area contributed by atoms with Crippen LogP contribution in [0.5, 0.6) is 0 Å². The molecule has 0 aliphatic heterocycles.